The number of carbonyl (C=O) groups is 1. The van der Waals surface area contributed by atoms with Gasteiger partial charge < -0.3 is 10.2 Å². The number of aromatic hydroxyl groups is 2. The molecule has 0 fully saturated rings. The van der Waals surface area contributed by atoms with Gasteiger partial charge in [-0.25, -0.2) is 0 Å². The molecule has 1 aromatic rings. The minimum Gasteiger partial charge on any atom is -0.504 e. The van der Waals surface area contributed by atoms with Crippen molar-refractivity contribution < 1.29 is 15.0 Å². The van der Waals surface area contributed by atoms with Crippen LogP contribution in [0.3, 0.4) is 0 Å². The Kier molecular flexibility index (Phi) is 3.48. The second kappa shape index (κ2) is 4.30. The zero-order chi connectivity index (χ0) is 14.3. The van der Waals surface area contributed by atoms with E-state index in [-0.39, 0.29) is 27.9 Å². The maximum atomic E-state index is 10.9. The van der Waals surface area contributed by atoms with Crippen LogP contribution in [0.5, 0.6) is 11.5 Å². The van der Waals surface area contributed by atoms with Crippen LogP contribution in [0.2, 0.25) is 0 Å². The largest absolute Gasteiger partial charge is 0.504 e. The summed E-state index contributed by atoms with van der Waals surface area (Å²) in [5, 5.41) is 20.0. The highest BCUT2D eigenvalue weighted by molar-refractivity contribution is 5.82. The van der Waals surface area contributed by atoms with Crippen LogP contribution in [0.15, 0.2) is 6.07 Å². The molecule has 0 heterocycles. The summed E-state index contributed by atoms with van der Waals surface area (Å²) in [4.78, 5) is 10.9. The summed E-state index contributed by atoms with van der Waals surface area (Å²) < 4.78 is 0. The van der Waals surface area contributed by atoms with Crippen molar-refractivity contribution in [2.45, 2.75) is 52.4 Å². The monoisotopic (exact) mass is 250 g/mol. The average molecular weight is 250 g/mol. The van der Waals surface area contributed by atoms with E-state index in [2.05, 4.69) is 0 Å². The highest BCUT2D eigenvalue weighted by Crippen LogP contribution is 2.45. The van der Waals surface area contributed by atoms with Crippen molar-refractivity contribution in [3.63, 3.8) is 0 Å². The minimum atomic E-state index is -0.331. The summed E-state index contributed by atoms with van der Waals surface area (Å²) in [6, 6.07) is 1.67. The molecule has 0 aliphatic carbocycles. The molecule has 0 bridgehead atoms. The van der Waals surface area contributed by atoms with E-state index in [0.717, 1.165) is 5.56 Å². The molecular formula is C15H22O3. The number of hydrogen-bond donors (Lipinski definition) is 2. The number of aldehydes is 1. The Hall–Kier alpha value is -1.51. The topological polar surface area (TPSA) is 57.5 Å². The summed E-state index contributed by atoms with van der Waals surface area (Å²) >= 11 is 0. The van der Waals surface area contributed by atoms with Crippen LogP contribution >= 0.6 is 0 Å². The van der Waals surface area contributed by atoms with E-state index in [4.69, 9.17) is 0 Å². The predicted molar refractivity (Wildman–Crippen MR) is 72.6 cm³/mol. The molecule has 3 heteroatoms. The molecule has 0 radical (unpaired) electrons. The van der Waals surface area contributed by atoms with Crippen LogP contribution in [0.1, 0.15) is 63.0 Å². The Morgan fingerprint density at radius 2 is 1.44 bits per heavy atom. The Bertz CT molecular complexity index is 474. The lowest BCUT2D eigenvalue weighted by Crippen LogP contribution is -2.22. The second-order valence-corrected chi connectivity index (χ2v) is 6.70. The van der Waals surface area contributed by atoms with E-state index in [9.17, 15) is 15.0 Å². The molecule has 100 valence electrons. The van der Waals surface area contributed by atoms with Crippen LogP contribution in [-0.4, -0.2) is 16.5 Å². The van der Waals surface area contributed by atoms with Gasteiger partial charge >= 0.3 is 0 Å². The van der Waals surface area contributed by atoms with Crippen LogP contribution < -0.4 is 0 Å². The molecule has 3 nitrogen and oxygen atoms in total. The van der Waals surface area contributed by atoms with Crippen molar-refractivity contribution in [1.29, 1.82) is 0 Å². The lowest BCUT2D eigenvalue weighted by atomic mass is 9.74. The van der Waals surface area contributed by atoms with Gasteiger partial charge in [0, 0.05) is 5.56 Å². The Morgan fingerprint density at radius 3 is 1.78 bits per heavy atom. The number of rotatable bonds is 1. The van der Waals surface area contributed by atoms with Crippen LogP contribution in [0, 0.1) is 0 Å². The number of hydrogen-bond acceptors (Lipinski definition) is 3. The van der Waals surface area contributed by atoms with Gasteiger partial charge in [0.15, 0.2) is 17.8 Å². The van der Waals surface area contributed by atoms with E-state index in [0.29, 0.717) is 11.8 Å². The highest BCUT2D eigenvalue weighted by Gasteiger charge is 2.31. The lowest BCUT2D eigenvalue weighted by Gasteiger charge is -2.31. The zero-order valence-corrected chi connectivity index (χ0v) is 12.0. The molecule has 0 atom stereocenters. The van der Waals surface area contributed by atoms with E-state index in [1.807, 2.05) is 41.5 Å². The first-order valence-corrected chi connectivity index (χ1v) is 6.05. The van der Waals surface area contributed by atoms with Crippen molar-refractivity contribution in [2.24, 2.45) is 0 Å². The highest BCUT2D eigenvalue weighted by atomic mass is 16.3. The lowest BCUT2D eigenvalue weighted by molar-refractivity contribution is 0.112. The van der Waals surface area contributed by atoms with Gasteiger partial charge in [0.25, 0.3) is 0 Å². The van der Waals surface area contributed by atoms with Crippen LogP contribution in [0.25, 0.3) is 0 Å². The normalized spacial score (nSPS) is 12.6. The number of phenols is 2. The smallest absolute Gasteiger partial charge is 0.168 e. The van der Waals surface area contributed by atoms with Crippen molar-refractivity contribution in [2.75, 3.05) is 0 Å². The summed E-state index contributed by atoms with van der Waals surface area (Å²) in [6.07, 6.45) is 0.566. The fourth-order valence-electron chi connectivity index (χ4n) is 2.12. The third-order valence-electron chi connectivity index (χ3n) is 2.99. The first-order valence-electron chi connectivity index (χ1n) is 6.05. The number of benzene rings is 1. The minimum absolute atomic E-state index is 0.130. The maximum absolute atomic E-state index is 10.9. The third kappa shape index (κ3) is 2.50. The summed E-state index contributed by atoms with van der Waals surface area (Å²) in [5.41, 5.74) is 1.17. The molecule has 0 aromatic heterocycles. The first kappa shape index (κ1) is 14.6. The maximum Gasteiger partial charge on any atom is 0.168 e. The van der Waals surface area contributed by atoms with Crippen molar-refractivity contribution >= 4 is 6.29 Å². The van der Waals surface area contributed by atoms with E-state index < -0.39 is 0 Å². The Morgan fingerprint density at radius 1 is 0.944 bits per heavy atom. The molecule has 1 rings (SSSR count). The van der Waals surface area contributed by atoms with Crippen LogP contribution in [0.4, 0.5) is 0 Å². The van der Waals surface area contributed by atoms with Gasteiger partial charge in [-0.15, -0.1) is 0 Å². The van der Waals surface area contributed by atoms with Gasteiger partial charge in [-0.05, 0) is 22.5 Å². The average Bonchev–Trinajstić information content (AvgIpc) is 2.18. The Labute approximate surface area is 108 Å². The molecular weight excluding hydrogens is 228 g/mol. The molecule has 18 heavy (non-hydrogen) atoms. The second-order valence-electron chi connectivity index (χ2n) is 6.70. The van der Waals surface area contributed by atoms with Gasteiger partial charge in [-0.3, -0.25) is 4.79 Å². The standard InChI is InChI=1S/C15H22O3/c1-14(2,3)10-7-9(8-16)12(17)13(18)11(10)15(4,5)6/h7-8,17-18H,1-6H3. The van der Waals surface area contributed by atoms with Gasteiger partial charge in [0.2, 0.25) is 0 Å². The molecule has 0 aliphatic rings. The van der Waals surface area contributed by atoms with Gasteiger partial charge in [-0.2, -0.15) is 0 Å². The third-order valence-corrected chi connectivity index (χ3v) is 2.99. The molecule has 0 saturated carbocycles. The van der Waals surface area contributed by atoms with Gasteiger partial charge in [0.1, 0.15) is 0 Å². The predicted octanol–water partition coefficient (Wildman–Crippen LogP) is 3.51. The summed E-state index contributed by atoms with van der Waals surface area (Å²) in [6.45, 7) is 12.0. The summed E-state index contributed by atoms with van der Waals surface area (Å²) in [7, 11) is 0. The number of carbonyl (C=O) groups excluding carboxylic acids is 1. The summed E-state index contributed by atoms with van der Waals surface area (Å²) in [5.74, 6) is -0.514. The molecule has 0 aliphatic heterocycles. The fourth-order valence-corrected chi connectivity index (χ4v) is 2.12. The zero-order valence-electron chi connectivity index (χ0n) is 12.0. The number of phenolic OH excluding ortho intramolecular Hbond substituents is 2. The van der Waals surface area contributed by atoms with E-state index in [1.54, 1.807) is 6.07 Å². The quantitative estimate of drug-likeness (QED) is 0.592. The molecule has 0 saturated heterocycles. The SMILES string of the molecule is CC(C)(C)c1cc(C=O)c(O)c(O)c1C(C)(C)C. The fraction of sp³-hybridized carbons (Fsp3) is 0.533. The van der Waals surface area contributed by atoms with Crippen LogP contribution in [-0.2, 0) is 10.8 Å². The van der Waals surface area contributed by atoms with Crippen molar-refractivity contribution in [1.82, 2.24) is 0 Å². The molecule has 1 aromatic carbocycles. The van der Waals surface area contributed by atoms with E-state index >= 15 is 0 Å². The van der Waals surface area contributed by atoms with Crippen molar-refractivity contribution in [3.8, 4) is 11.5 Å². The molecule has 0 unspecified atom stereocenters. The first-order chi connectivity index (χ1) is 8.00. The molecule has 0 spiro atoms. The van der Waals surface area contributed by atoms with Crippen molar-refractivity contribution in [3.05, 3.63) is 22.8 Å². The molecule has 2 N–H and O–H groups in total. The Balaban J connectivity index is 3.78. The molecule has 0 amide bonds. The van der Waals surface area contributed by atoms with Gasteiger partial charge in [-0.1, -0.05) is 41.5 Å². The van der Waals surface area contributed by atoms with Gasteiger partial charge in [0.05, 0.1) is 5.56 Å². The van der Waals surface area contributed by atoms with E-state index in [1.165, 1.54) is 0 Å².